The van der Waals surface area contributed by atoms with Crippen molar-refractivity contribution >= 4 is 0 Å². The molecule has 2 nitrogen and oxygen atoms in total. The average molecular weight is 174 g/mol. The van der Waals surface area contributed by atoms with Crippen molar-refractivity contribution in [1.29, 1.82) is 0 Å². The summed E-state index contributed by atoms with van der Waals surface area (Å²) in [5.74, 6) is 2.67. The second-order valence-corrected chi connectivity index (χ2v) is 3.60. The quantitative estimate of drug-likeness (QED) is 0.432. The Balaban J connectivity index is 2.49. The highest BCUT2D eigenvalue weighted by molar-refractivity contribution is 5.38. The molecule has 1 heterocycles. The molecule has 0 saturated carbocycles. The summed E-state index contributed by atoms with van der Waals surface area (Å²) in [4.78, 5) is 0. The number of nitrogens with zero attached hydrogens (tertiary/aromatic N) is 2. The monoisotopic (exact) mass is 174 g/mol. The molecule has 0 aliphatic heterocycles. The van der Waals surface area contributed by atoms with E-state index in [2.05, 4.69) is 11.0 Å². The Bertz CT molecular complexity index is 355. The third kappa shape index (κ3) is 1.35. The largest absolute Gasteiger partial charge is 0.271 e. The summed E-state index contributed by atoms with van der Waals surface area (Å²) >= 11 is 0. The number of aryl methyl sites for hydroxylation is 1. The van der Waals surface area contributed by atoms with E-state index in [1.165, 1.54) is 30.5 Å². The fraction of sp³-hybridized carbons (Fsp3) is 0.545. The molecule has 1 aliphatic carbocycles. The molecule has 0 fully saturated rings. The van der Waals surface area contributed by atoms with Crippen molar-refractivity contribution in [3.8, 4) is 12.3 Å². The third-order valence-corrected chi connectivity index (χ3v) is 2.75. The molecule has 0 saturated heterocycles. The van der Waals surface area contributed by atoms with Crippen molar-refractivity contribution in [2.24, 2.45) is 7.05 Å². The highest BCUT2D eigenvalue weighted by Crippen LogP contribution is 2.22. The molecule has 0 radical (unpaired) electrons. The molecule has 0 aromatic carbocycles. The maximum atomic E-state index is 5.41. The molecule has 1 aromatic rings. The smallest absolute Gasteiger partial charge is 0.138 e. The first-order chi connectivity index (χ1) is 6.33. The van der Waals surface area contributed by atoms with E-state index >= 15 is 0 Å². The van der Waals surface area contributed by atoms with E-state index in [1.54, 1.807) is 0 Å². The lowest BCUT2D eigenvalue weighted by Gasteiger charge is -1.99. The average Bonchev–Trinajstić information content (AvgIpc) is 2.38. The predicted octanol–water partition coefficient (Wildman–Crippen LogP) is 1.67. The highest BCUT2D eigenvalue weighted by atomic mass is 15.3. The van der Waals surface area contributed by atoms with Gasteiger partial charge >= 0.3 is 0 Å². The van der Waals surface area contributed by atoms with E-state index in [-0.39, 0.29) is 0 Å². The van der Waals surface area contributed by atoms with E-state index in [4.69, 9.17) is 6.42 Å². The van der Waals surface area contributed by atoms with Gasteiger partial charge in [0, 0.05) is 18.3 Å². The van der Waals surface area contributed by atoms with Crippen LogP contribution in [0.1, 0.15) is 36.2 Å². The predicted molar refractivity (Wildman–Crippen MR) is 52.4 cm³/mol. The molecule has 0 bridgehead atoms. The first-order valence-corrected chi connectivity index (χ1v) is 4.84. The van der Waals surface area contributed by atoms with E-state index in [0.29, 0.717) is 0 Å². The zero-order valence-corrected chi connectivity index (χ0v) is 8.01. The maximum Gasteiger partial charge on any atom is 0.138 e. The van der Waals surface area contributed by atoms with Crippen molar-refractivity contribution in [2.75, 3.05) is 0 Å². The van der Waals surface area contributed by atoms with Gasteiger partial charge in [0.2, 0.25) is 0 Å². The van der Waals surface area contributed by atoms with E-state index in [9.17, 15) is 0 Å². The zero-order chi connectivity index (χ0) is 9.26. The Morgan fingerprint density at radius 3 is 2.85 bits per heavy atom. The standard InChI is InChI=1S/C11H14N2/c1-3-10-9-7-5-4-6-8-11(9)13(2)12-10/h1H,4-8H2,2H3. The first-order valence-electron chi connectivity index (χ1n) is 4.84. The normalized spacial score (nSPS) is 16.0. The molecule has 0 spiro atoms. The summed E-state index contributed by atoms with van der Waals surface area (Å²) in [6, 6.07) is 0. The minimum atomic E-state index is 0.861. The van der Waals surface area contributed by atoms with Crippen molar-refractivity contribution in [3.63, 3.8) is 0 Å². The Labute approximate surface area is 79.0 Å². The minimum absolute atomic E-state index is 0.861. The molecule has 2 heteroatoms. The van der Waals surface area contributed by atoms with Gasteiger partial charge in [0.05, 0.1) is 0 Å². The van der Waals surface area contributed by atoms with Gasteiger partial charge in [-0.25, -0.2) is 0 Å². The number of aromatic nitrogens is 2. The molecule has 0 N–H and O–H groups in total. The Morgan fingerprint density at radius 1 is 1.31 bits per heavy atom. The lowest BCUT2D eigenvalue weighted by Crippen LogP contribution is -1.98. The molecule has 1 aromatic heterocycles. The number of hydrogen-bond acceptors (Lipinski definition) is 1. The van der Waals surface area contributed by atoms with Crippen molar-refractivity contribution in [3.05, 3.63) is 17.0 Å². The van der Waals surface area contributed by atoms with Crippen LogP contribution >= 0.6 is 0 Å². The summed E-state index contributed by atoms with van der Waals surface area (Å²) in [6.07, 6.45) is 11.5. The molecular formula is C11H14N2. The summed E-state index contributed by atoms with van der Waals surface area (Å²) in [5, 5.41) is 4.33. The van der Waals surface area contributed by atoms with Gasteiger partial charge in [-0.15, -0.1) is 6.42 Å². The van der Waals surface area contributed by atoms with Crippen LogP contribution in [-0.4, -0.2) is 9.78 Å². The van der Waals surface area contributed by atoms with Gasteiger partial charge in [0.25, 0.3) is 0 Å². The fourth-order valence-electron chi connectivity index (χ4n) is 2.07. The van der Waals surface area contributed by atoms with Crippen molar-refractivity contribution in [2.45, 2.75) is 32.1 Å². The highest BCUT2D eigenvalue weighted by Gasteiger charge is 2.16. The van der Waals surface area contributed by atoms with E-state index in [1.807, 2.05) is 11.7 Å². The van der Waals surface area contributed by atoms with Crippen LogP contribution in [-0.2, 0) is 19.9 Å². The maximum absolute atomic E-state index is 5.41. The van der Waals surface area contributed by atoms with Crippen molar-refractivity contribution in [1.82, 2.24) is 9.78 Å². The van der Waals surface area contributed by atoms with Crippen LogP contribution in [0.2, 0.25) is 0 Å². The minimum Gasteiger partial charge on any atom is -0.271 e. The van der Waals surface area contributed by atoms with Crippen LogP contribution in [0.15, 0.2) is 0 Å². The molecule has 0 atom stereocenters. The molecule has 0 unspecified atom stereocenters. The van der Waals surface area contributed by atoms with Gasteiger partial charge in [-0.3, -0.25) is 4.68 Å². The second-order valence-electron chi connectivity index (χ2n) is 3.60. The fourth-order valence-corrected chi connectivity index (χ4v) is 2.07. The van der Waals surface area contributed by atoms with Gasteiger partial charge in [0.15, 0.2) is 0 Å². The SMILES string of the molecule is C#Cc1nn(C)c2c1CCCCC2. The third-order valence-electron chi connectivity index (χ3n) is 2.75. The topological polar surface area (TPSA) is 17.8 Å². The summed E-state index contributed by atoms with van der Waals surface area (Å²) in [6.45, 7) is 0. The molecule has 2 rings (SSSR count). The Morgan fingerprint density at radius 2 is 2.08 bits per heavy atom. The number of rotatable bonds is 0. The second kappa shape index (κ2) is 3.26. The summed E-state index contributed by atoms with van der Waals surface area (Å²) in [7, 11) is 1.99. The molecule has 13 heavy (non-hydrogen) atoms. The van der Waals surface area contributed by atoms with Crippen LogP contribution in [0, 0.1) is 12.3 Å². The molecule has 0 amide bonds. The number of fused-ring (bicyclic) bond motifs is 1. The lowest BCUT2D eigenvalue weighted by atomic mass is 10.1. The lowest BCUT2D eigenvalue weighted by molar-refractivity contribution is 0.660. The van der Waals surface area contributed by atoms with Gasteiger partial charge in [-0.05, 0) is 31.6 Å². The molecule has 1 aliphatic rings. The van der Waals surface area contributed by atoms with Gasteiger partial charge in [-0.1, -0.05) is 6.42 Å². The van der Waals surface area contributed by atoms with E-state index in [0.717, 1.165) is 18.5 Å². The van der Waals surface area contributed by atoms with Crippen molar-refractivity contribution < 1.29 is 0 Å². The molecule has 68 valence electrons. The van der Waals surface area contributed by atoms with Crippen LogP contribution in [0.3, 0.4) is 0 Å². The Hall–Kier alpha value is -1.23. The van der Waals surface area contributed by atoms with Gasteiger partial charge < -0.3 is 0 Å². The van der Waals surface area contributed by atoms with Crippen LogP contribution in [0.4, 0.5) is 0 Å². The molecular weight excluding hydrogens is 160 g/mol. The summed E-state index contributed by atoms with van der Waals surface area (Å²) in [5.41, 5.74) is 3.53. The Kier molecular flexibility index (Phi) is 2.10. The number of hydrogen-bond donors (Lipinski definition) is 0. The van der Waals surface area contributed by atoms with Crippen LogP contribution < -0.4 is 0 Å². The zero-order valence-electron chi connectivity index (χ0n) is 8.01. The van der Waals surface area contributed by atoms with Gasteiger partial charge in [-0.2, -0.15) is 5.10 Å². The number of terminal acetylenes is 1. The van der Waals surface area contributed by atoms with E-state index < -0.39 is 0 Å². The first kappa shape index (κ1) is 8.37. The summed E-state index contributed by atoms with van der Waals surface area (Å²) < 4.78 is 1.95. The van der Waals surface area contributed by atoms with Crippen LogP contribution in [0.5, 0.6) is 0 Å². The van der Waals surface area contributed by atoms with Gasteiger partial charge in [0.1, 0.15) is 5.69 Å². The van der Waals surface area contributed by atoms with Crippen LogP contribution in [0.25, 0.3) is 0 Å².